The maximum atomic E-state index is 5.42. The predicted octanol–water partition coefficient (Wildman–Crippen LogP) is 3.18. The smallest absolute Gasteiger partial charge is 0.216 e. The molecule has 5 nitrogen and oxygen atoms in total. The lowest BCUT2D eigenvalue weighted by Gasteiger charge is -2.17. The maximum absolute atomic E-state index is 5.42. The first kappa shape index (κ1) is 15.6. The fourth-order valence-corrected chi connectivity index (χ4v) is 2.86. The number of rotatable bonds is 6. The van der Waals surface area contributed by atoms with E-state index in [1.54, 1.807) is 21.3 Å². The summed E-state index contributed by atoms with van der Waals surface area (Å²) in [7, 11) is 4.87. The van der Waals surface area contributed by atoms with E-state index in [1.807, 2.05) is 24.3 Å². The normalized spacial score (nSPS) is 11.8. The molecule has 0 radical (unpaired) electrons. The Morgan fingerprint density at radius 3 is 2.29 bits per heavy atom. The van der Waals surface area contributed by atoms with E-state index in [9.17, 15) is 0 Å². The lowest BCUT2D eigenvalue weighted by atomic mass is 10.1. The average molecular weight is 353 g/mol. The minimum Gasteiger partial charge on any atom is -0.496 e. The lowest BCUT2D eigenvalue weighted by Crippen LogP contribution is -2.03. The number of halogens is 1. The van der Waals surface area contributed by atoms with Crippen molar-refractivity contribution in [3.05, 3.63) is 41.9 Å². The Morgan fingerprint density at radius 1 is 1.05 bits per heavy atom. The van der Waals surface area contributed by atoms with Crippen LogP contribution < -0.4 is 14.2 Å². The number of benzene rings is 1. The monoisotopic (exact) mass is 352 g/mol. The maximum Gasteiger partial charge on any atom is 0.216 e. The minimum absolute atomic E-state index is 0.00297. The van der Waals surface area contributed by atoms with Crippen LogP contribution in [-0.2, 0) is 6.42 Å². The van der Waals surface area contributed by atoms with Crippen molar-refractivity contribution in [1.82, 2.24) is 9.97 Å². The Morgan fingerprint density at radius 2 is 1.71 bits per heavy atom. The van der Waals surface area contributed by atoms with Crippen LogP contribution in [0.2, 0.25) is 0 Å². The van der Waals surface area contributed by atoms with Gasteiger partial charge in [-0.1, -0.05) is 22.0 Å². The van der Waals surface area contributed by atoms with Gasteiger partial charge < -0.3 is 14.2 Å². The van der Waals surface area contributed by atoms with Crippen LogP contribution in [0.3, 0.4) is 0 Å². The molecule has 1 heterocycles. The molecule has 1 aromatic carbocycles. The molecule has 0 amide bonds. The second-order valence-corrected chi connectivity index (χ2v) is 5.40. The molecule has 0 saturated carbocycles. The van der Waals surface area contributed by atoms with Gasteiger partial charge in [-0.15, -0.1) is 0 Å². The number of hydrogen-bond donors (Lipinski definition) is 0. The number of alkyl halides is 1. The first-order valence-corrected chi connectivity index (χ1v) is 7.31. The molecule has 0 saturated heterocycles. The summed E-state index contributed by atoms with van der Waals surface area (Å²) in [5, 5.41) is 0. The van der Waals surface area contributed by atoms with Gasteiger partial charge in [-0.05, 0) is 12.1 Å². The van der Waals surface area contributed by atoms with Crippen molar-refractivity contribution in [3.8, 4) is 17.4 Å². The van der Waals surface area contributed by atoms with Crippen molar-refractivity contribution in [2.45, 2.75) is 11.2 Å². The number of ether oxygens (including phenoxy) is 3. The first-order valence-electron chi connectivity index (χ1n) is 6.39. The van der Waals surface area contributed by atoms with Gasteiger partial charge in [0.2, 0.25) is 5.88 Å². The van der Waals surface area contributed by atoms with Gasteiger partial charge in [0.1, 0.15) is 17.8 Å². The molecule has 2 aromatic rings. The number of methoxy groups -OCH3 is 3. The van der Waals surface area contributed by atoms with Gasteiger partial charge in [-0.2, -0.15) is 0 Å². The SMILES string of the molecule is COc1cc(CC(Br)c2c(OC)cccc2OC)ncn1. The Balaban J connectivity index is 2.29. The third kappa shape index (κ3) is 3.64. The van der Waals surface area contributed by atoms with Crippen molar-refractivity contribution < 1.29 is 14.2 Å². The summed E-state index contributed by atoms with van der Waals surface area (Å²) >= 11 is 3.69. The third-order valence-electron chi connectivity index (χ3n) is 3.08. The molecule has 21 heavy (non-hydrogen) atoms. The highest BCUT2D eigenvalue weighted by Gasteiger charge is 2.19. The second kappa shape index (κ2) is 7.26. The summed E-state index contributed by atoms with van der Waals surface area (Å²) in [5.74, 6) is 2.10. The summed E-state index contributed by atoms with van der Waals surface area (Å²) in [6, 6.07) is 7.53. The van der Waals surface area contributed by atoms with E-state index in [0.717, 1.165) is 22.8 Å². The molecule has 0 aliphatic rings. The third-order valence-corrected chi connectivity index (χ3v) is 3.86. The molecule has 0 spiro atoms. The second-order valence-electron chi connectivity index (χ2n) is 4.30. The molecule has 2 rings (SSSR count). The van der Waals surface area contributed by atoms with Crippen LogP contribution in [-0.4, -0.2) is 31.3 Å². The van der Waals surface area contributed by atoms with Gasteiger partial charge >= 0.3 is 0 Å². The van der Waals surface area contributed by atoms with E-state index in [2.05, 4.69) is 25.9 Å². The predicted molar refractivity (Wildman–Crippen MR) is 83.5 cm³/mol. The van der Waals surface area contributed by atoms with Gasteiger partial charge in [0.05, 0.1) is 31.7 Å². The van der Waals surface area contributed by atoms with E-state index in [-0.39, 0.29) is 4.83 Å². The van der Waals surface area contributed by atoms with Gasteiger partial charge in [0.25, 0.3) is 0 Å². The summed E-state index contributed by atoms with van der Waals surface area (Å²) in [5.41, 5.74) is 1.83. The highest BCUT2D eigenvalue weighted by atomic mass is 79.9. The van der Waals surface area contributed by atoms with E-state index in [4.69, 9.17) is 14.2 Å². The van der Waals surface area contributed by atoms with Crippen LogP contribution in [0.25, 0.3) is 0 Å². The number of aromatic nitrogens is 2. The Hall–Kier alpha value is -1.82. The molecule has 0 fully saturated rings. The van der Waals surface area contributed by atoms with E-state index < -0.39 is 0 Å². The van der Waals surface area contributed by atoms with Crippen molar-refractivity contribution in [2.75, 3.05) is 21.3 Å². The van der Waals surface area contributed by atoms with Crippen LogP contribution in [0.5, 0.6) is 17.4 Å². The average Bonchev–Trinajstić information content (AvgIpc) is 2.53. The Kier molecular flexibility index (Phi) is 5.38. The quantitative estimate of drug-likeness (QED) is 0.747. The molecule has 1 atom stereocenters. The molecule has 6 heteroatoms. The van der Waals surface area contributed by atoms with Crippen molar-refractivity contribution in [3.63, 3.8) is 0 Å². The van der Waals surface area contributed by atoms with Crippen LogP contribution >= 0.6 is 15.9 Å². The van der Waals surface area contributed by atoms with E-state index >= 15 is 0 Å². The summed E-state index contributed by atoms with van der Waals surface area (Å²) in [6.45, 7) is 0. The molecule has 1 unspecified atom stereocenters. The van der Waals surface area contributed by atoms with Crippen LogP contribution in [0.4, 0.5) is 0 Å². The molecule has 0 bridgehead atoms. The van der Waals surface area contributed by atoms with Crippen LogP contribution in [0, 0.1) is 0 Å². The van der Waals surface area contributed by atoms with Crippen LogP contribution in [0.1, 0.15) is 16.1 Å². The van der Waals surface area contributed by atoms with Crippen molar-refractivity contribution in [1.29, 1.82) is 0 Å². The zero-order valence-corrected chi connectivity index (χ0v) is 13.8. The standard InChI is InChI=1S/C15H17BrN2O3/c1-19-12-5-4-6-13(20-2)15(12)11(16)7-10-8-14(21-3)18-9-17-10/h4-6,8-9,11H,7H2,1-3H3. The number of nitrogens with zero attached hydrogens (tertiary/aromatic N) is 2. The fourth-order valence-electron chi connectivity index (χ4n) is 2.07. The minimum atomic E-state index is 0.00297. The van der Waals surface area contributed by atoms with Gasteiger partial charge in [-0.25, -0.2) is 9.97 Å². The van der Waals surface area contributed by atoms with E-state index in [0.29, 0.717) is 12.3 Å². The van der Waals surface area contributed by atoms with Crippen molar-refractivity contribution in [2.24, 2.45) is 0 Å². The fraction of sp³-hybridized carbons (Fsp3) is 0.333. The van der Waals surface area contributed by atoms with Crippen molar-refractivity contribution >= 4 is 15.9 Å². The molecule has 0 aliphatic heterocycles. The van der Waals surface area contributed by atoms with Gasteiger partial charge in [0.15, 0.2) is 0 Å². The van der Waals surface area contributed by atoms with Gasteiger partial charge in [0, 0.05) is 18.2 Å². The summed E-state index contributed by atoms with van der Waals surface area (Å²) < 4.78 is 16.0. The molecule has 112 valence electrons. The first-order chi connectivity index (χ1) is 10.2. The highest BCUT2D eigenvalue weighted by molar-refractivity contribution is 9.09. The molecule has 1 aromatic heterocycles. The molecule has 0 aliphatic carbocycles. The summed E-state index contributed by atoms with van der Waals surface area (Å²) in [4.78, 5) is 8.27. The lowest BCUT2D eigenvalue weighted by molar-refractivity contribution is 0.384. The molecular weight excluding hydrogens is 336 g/mol. The van der Waals surface area contributed by atoms with E-state index in [1.165, 1.54) is 6.33 Å². The Bertz CT molecular complexity index is 585. The van der Waals surface area contributed by atoms with Gasteiger partial charge in [-0.3, -0.25) is 0 Å². The topological polar surface area (TPSA) is 53.5 Å². The molecule has 0 N–H and O–H groups in total. The summed E-state index contributed by atoms with van der Waals surface area (Å²) in [6.07, 6.45) is 2.16. The molecular formula is C15H17BrN2O3. The zero-order chi connectivity index (χ0) is 15.2. The zero-order valence-electron chi connectivity index (χ0n) is 12.2. The Labute approximate surface area is 132 Å². The highest BCUT2D eigenvalue weighted by Crippen LogP contribution is 2.40. The largest absolute Gasteiger partial charge is 0.496 e. The van der Waals surface area contributed by atoms with Crippen LogP contribution in [0.15, 0.2) is 30.6 Å². The number of hydrogen-bond acceptors (Lipinski definition) is 5.